The lowest BCUT2D eigenvalue weighted by atomic mass is 10.1. The lowest BCUT2D eigenvalue weighted by Crippen LogP contribution is -2.02. The Bertz CT molecular complexity index is 928. The molecular formula is C19H21N3O2S2. The molecule has 0 saturated heterocycles. The first-order valence-corrected chi connectivity index (χ1v) is 9.70. The zero-order valence-corrected chi connectivity index (χ0v) is 16.6. The van der Waals surface area contributed by atoms with Crippen LogP contribution in [0.25, 0.3) is 5.69 Å². The Morgan fingerprint density at radius 1 is 1.08 bits per heavy atom. The number of rotatable bonds is 7. The van der Waals surface area contributed by atoms with Gasteiger partial charge in [0.05, 0.1) is 25.7 Å². The fourth-order valence-electron chi connectivity index (χ4n) is 2.64. The molecule has 0 radical (unpaired) electrons. The number of H-pyrrole nitrogens is 1. The summed E-state index contributed by atoms with van der Waals surface area (Å²) >= 11 is 7.24. The van der Waals surface area contributed by atoms with Gasteiger partial charge in [-0.25, -0.2) is 0 Å². The zero-order chi connectivity index (χ0) is 18.5. The second-order valence-electron chi connectivity index (χ2n) is 5.77. The van der Waals surface area contributed by atoms with Crippen LogP contribution in [0.15, 0.2) is 42.5 Å². The predicted molar refractivity (Wildman–Crippen MR) is 108 cm³/mol. The number of hydrogen-bond donors (Lipinski definition) is 1. The first-order chi connectivity index (χ1) is 12.6. The van der Waals surface area contributed by atoms with E-state index in [0.717, 1.165) is 23.0 Å². The van der Waals surface area contributed by atoms with Crippen molar-refractivity contribution in [1.29, 1.82) is 0 Å². The summed E-state index contributed by atoms with van der Waals surface area (Å²) in [6, 6.07) is 14.1. The number of aromatic amines is 1. The van der Waals surface area contributed by atoms with Gasteiger partial charge in [0.15, 0.2) is 4.77 Å². The Labute approximate surface area is 162 Å². The van der Waals surface area contributed by atoms with E-state index in [1.165, 1.54) is 11.1 Å². The van der Waals surface area contributed by atoms with Gasteiger partial charge in [0, 0.05) is 24.0 Å². The predicted octanol–water partition coefficient (Wildman–Crippen LogP) is 4.69. The molecule has 3 aromatic rings. The number of nitrogens with one attached hydrogen (secondary N) is 1. The molecule has 0 atom stereocenters. The number of hydrogen-bond acceptors (Lipinski definition) is 5. The quantitative estimate of drug-likeness (QED) is 0.596. The molecule has 136 valence electrons. The molecule has 26 heavy (non-hydrogen) atoms. The van der Waals surface area contributed by atoms with Crippen molar-refractivity contribution in [3.63, 3.8) is 0 Å². The second-order valence-corrected chi connectivity index (χ2v) is 7.14. The highest BCUT2D eigenvalue weighted by Gasteiger charge is 2.12. The van der Waals surface area contributed by atoms with E-state index in [1.54, 1.807) is 26.0 Å². The molecule has 2 aromatic carbocycles. The van der Waals surface area contributed by atoms with E-state index in [4.69, 9.17) is 21.7 Å². The van der Waals surface area contributed by atoms with Crippen LogP contribution in [0.3, 0.4) is 0 Å². The summed E-state index contributed by atoms with van der Waals surface area (Å²) in [7, 11) is 3.26. The highest BCUT2D eigenvalue weighted by Crippen LogP contribution is 2.27. The topological polar surface area (TPSA) is 52.1 Å². The van der Waals surface area contributed by atoms with Gasteiger partial charge in [-0.2, -0.15) is 5.10 Å². The van der Waals surface area contributed by atoms with E-state index >= 15 is 0 Å². The van der Waals surface area contributed by atoms with Crippen LogP contribution in [0.1, 0.15) is 17.0 Å². The first-order valence-electron chi connectivity index (χ1n) is 8.14. The normalized spacial score (nSPS) is 10.7. The van der Waals surface area contributed by atoms with Crippen LogP contribution < -0.4 is 9.47 Å². The Hall–Kier alpha value is -2.25. The number of aromatic nitrogens is 3. The highest BCUT2D eigenvalue weighted by molar-refractivity contribution is 7.97. The number of ether oxygens (including phenoxy) is 2. The van der Waals surface area contributed by atoms with Crippen molar-refractivity contribution in [2.24, 2.45) is 0 Å². The molecule has 0 unspecified atom stereocenters. The summed E-state index contributed by atoms with van der Waals surface area (Å²) in [5, 5.41) is 7.29. The monoisotopic (exact) mass is 387 g/mol. The molecule has 0 fully saturated rings. The van der Waals surface area contributed by atoms with Crippen LogP contribution >= 0.6 is 24.0 Å². The molecule has 0 aliphatic heterocycles. The minimum absolute atomic E-state index is 0.548. The summed E-state index contributed by atoms with van der Waals surface area (Å²) in [4.78, 5) is 0. The highest BCUT2D eigenvalue weighted by atomic mass is 32.2. The number of aryl methyl sites for hydroxylation is 1. The molecule has 0 aliphatic carbocycles. The maximum Gasteiger partial charge on any atom is 0.199 e. The van der Waals surface area contributed by atoms with Crippen molar-refractivity contribution in [3.05, 3.63) is 64.2 Å². The van der Waals surface area contributed by atoms with E-state index in [-0.39, 0.29) is 0 Å². The van der Waals surface area contributed by atoms with Crippen LogP contribution in [0.2, 0.25) is 0 Å². The maximum atomic E-state index is 5.43. The molecule has 0 spiro atoms. The van der Waals surface area contributed by atoms with Gasteiger partial charge < -0.3 is 9.47 Å². The number of nitrogens with zero attached hydrogens (tertiary/aromatic N) is 2. The van der Waals surface area contributed by atoms with Gasteiger partial charge in [0.1, 0.15) is 17.3 Å². The molecule has 0 aliphatic rings. The SMILES string of the molecule is COc1cc(OC)cc(-n2c(CSCc3ccccc3C)n[nH]c2=S)c1. The van der Waals surface area contributed by atoms with E-state index in [2.05, 4.69) is 41.4 Å². The smallest absolute Gasteiger partial charge is 0.199 e. The molecule has 1 N–H and O–H groups in total. The Morgan fingerprint density at radius 2 is 1.77 bits per heavy atom. The van der Waals surface area contributed by atoms with E-state index < -0.39 is 0 Å². The van der Waals surface area contributed by atoms with Gasteiger partial charge in [-0.1, -0.05) is 24.3 Å². The minimum Gasteiger partial charge on any atom is -0.497 e. The minimum atomic E-state index is 0.548. The van der Waals surface area contributed by atoms with Gasteiger partial charge in [-0.05, 0) is 30.3 Å². The Kier molecular flexibility index (Phi) is 6.00. The first kappa shape index (κ1) is 18.5. The van der Waals surface area contributed by atoms with Crippen molar-refractivity contribution in [2.45, 2.75) is 18.4 Å². The third kappa shape index (κ3) is 4.11. The van der Waals surface area contributed by atoms with Crippen molar-refractivity contribution in [2.75, 3.05) is 14.2 Å². The molecule has 5 nitrogen and oxygen atoms in total. The third-order valence-electron chi connectivity index (χ3n) is 4.09. The van der Waals surface area contributed by atoms with E-state index in [0.29, 0.717) is 16.3 Å². The third-order valence-corrected chi connectivity index (χ3v) is 5.34. The number of benzene rings is 2. The fraction of sp³-hybridized carbons (Fsp3) is 0.263. The average Bonchev–Trinajstić information content (AvgIpc) is 3.03. The molecule has 0 bridgehead atoms. The lowest BCUT2D eigenvalue weighted by Gasteiger charge is -2.11. The van der Waals surface area contributed by atoms with Gasteiger partial charge in [0.2, 0.25) is 0 Å². The molecule has 0 saturated carbocycles. The number of thioether (sulfide) groups is 1. The largest absolute Gasteiger partial charge is 0.497 e. The van der Waals surface area contributed by atoms with Gasteiger partial charge >= 0.3 is 0 Å². The summed E-state index contributed by atoms with van der Waals surface area (Å²) in [6.45, 7) is 2.13. The molecule has 1 heterocycles. The standard InChI is InChI=1S/C19H21N3O2S2/c1-13-6-4-5-7-14(13)11-26-12-18-20-21-19(25)22(18)15-8-16(23-2)10-17(9-15)24-3/h4-10H,11-12H2,1-3H3,(H,21,25). The van der Waals surface area contributed by atoms with Gasteiger partial charge in [-0.3, -0.25) is 9.67 Å². The maximum absolute atomic E-state index is 5.43. The average molecular weight is 388 g/mol. The number of methoxy groups -OCH3 is 2. The molecule has 0 amide bonds. The zero-order valence-electron chi connectivity index (χ0n) is 15.0. The van der Waals surface area contributed by atoms with Crippen molar-refractivity contribution >= 4 is 24.0 Å². The van der Waals surface area contributed by atoms with Crippen molar-refractivity contribution in [3.8, 4) is 17.2 Å². The summed E-state index contributed by atoms with van der Waals surface area (Å²) < 4.78 is 13.2. The second kappa shape index (κ2) is 8.42. The molecular weight excluding hydrogens is 366 g/mol. The van der Waals surface area contributed by atoms with Crippen LogP contribution in [0, 0.1) is 11.7 Å². The van der Waals surface area contributed by atoms with Crippen LogP contribution in [-0.2, 0) is 11.5 Å². The summed E-state index contributed by atoms with van der Waals surface area (Å²) in [6.07, 6.45) is 0. The van der Waals surface area contributed by atoms with E-state index in [1.807, 2.05) is 22.8 Å². The molecule has 1 aromatic heterocycles. The summed E-state index contributed by atoms with van der Waals surface area (Å²) in [5.41, 5.74) is 3.50. The van der Waals surface area contributed by atoms with Crippen LogP contribution in [0.4, 0.5) is 0 Å². The van der Waals surface area contributed by atoms with E-state index in [9.17, 15) is 0 Å². The van der Waals surface area contributed by atoms with Crippen LogP contribution in [0.5, 0.6) is 11.5 Å². The van der Waals surface area contributed by atoms with Gasteiger partial charge in [-0.15, -0.1) is 11.8 Å². The lowest BCUT2D eigenvalue weighted by molar-refractivity contribution is 0.394. The van der Waals surface area contributed by atoms with Crippen molar-refractivity contribution in [1.82, 2.24) is 14.8 Å². The Balaban J connectivity index is 1.83. The summed E-state index contributed by atoms with van der Waals surface area (Å²) in [5.74, 6) is 3.94. The van der Waals surface area contributed by atoms with Crippen LogP contribution in [-0.4, -0.2) is 29.0 Å². The van der Waals surface area contributed by atoms with Gasteiger partial charge in [0.25, 0.3) is 0 Å². The van der Waals surface area contributed by atoms with Crippen molar-refractivity contribution < 1.29 is 9.47 Å². The molecule has 3 rings (SSSR count). The Morgan fingerprint density at radius 3 is 2.42 bits per heavy atom. The molecule has 7 heteroatoms. The fourth-order valence-corrected chi connectivity index (χ4v) is 3.92.